The zero-order valence-corrected chi connectivity index (χ0v) is 16.5. The van der Waals surface area contributed by atoms with Crippen LogP contribution in [0.15, 0.2) is 45.3 Å². The molecule has 1 aliphatic heterocycles. The maximum absolute atomic E-state index is 14.1. The second-order valence-electron chi connectivity index (χ2n) is 5.97. The molecule has 0 radical (unpaired) electrons. The lowest BCUT2D eigenvalue weighted by Crippen LogP contribution is -2.28. The van der Waals surface area contributed by atoms with Gasteiger partial charge in [0.05, 0.1) is 17.3 Å². The number of halogens is 3. The molecule has 2 amide bonds. The summed E-state index contributed by atoms with van der Waals surface area (Å²) in [5, 5.41) is 2.82. The Hall–Kier alpha value is -1.73. The number of carbonyl (C=O) groups excluding carboxylic acids is 2. The van der Waals surface area contributed by atoms with Crippen molar-refractivity contribution < 1.29 is 14.0 Å². The molecule has 130 valence electrons. The molecule has 0 spiro atoms. The maximum atomic E-state index is 14.1. The van der Waals surface area contributed by atoms with Crippen LogP contribution in [0.2, 0.25) is 0 Å². The minimum Gasteiger partial charge on any atom is -0.325 e. The van der Waals surface area contributed by atoms with Crippen LogP contribution in [-0.4, -0.2) is 18.4 Å². The molecule has 1 aliphatic rings. The van der Waals surface area contributed by atoms with Crippen LogP contribution in [0.3, 0.4) is 0 Å². The number of nitrogens with zero attached hydrogens (tertiary/aromatic N) is 1. The van der Waals surface area contributed by atoms with Gasteiger partial charge in [0.15, 0.2) is 0 Å². The van der Waals surface area contributed by atoms with Gasteiger partial charge in [-0.2, -0.15) is 0 Å². The number of benzene rings is 2. The van der Waals surface area contributed by atoms with E-state index in [9.17, 15) is 14.0 Å². The first-order valence-electron chi connectivity index (χ1n) is 7.67. The van der Waals surface area contributed by atoms with Crippen molar-refractivity contribution in [3.63, 3.8) is 0 Å². The Kier molecular flexibility index (Phi) is 5.24. The molecule has 0 bridgehead atoms. The zero-order chi connectivity index (χ0) is 18.1. The molecule has 1 atom stereocenters. The van der Waals surface area contributed by atoms with E-state index in [-0.39, 0.29) is 30.5 Å². The Morgan fingerprint density at radius 1 is 1.24 bits per heavy atom. The molecule has 0 aliphatic carbocycles. The van der Waals surface area contributed by atoms with Crippen LogP contribution in [0.5, 0.6) is 0 Å². The lowest BCUT2D eigenvalue weighted by atomic mass is 10.1. The SMILES string of the molecule is Cc1ccc(N2CC(C(=O)Nc3ccc(Br)cc3Br)CC2=O)c(F)c1. The van der Waals surface area contributed by atoms with E-state index in [1.807, 2.05) is 12.1 Å². The molecule has 1 saturated heterocycles. The van der Waals surface area contributed by atoms with Crippen molar-refractivity contribution in [2.75, 3.05) is 16.8 Å². The summed E-state index contributed by atoms with van der Waals surface area (Å²) in [6.45, 7) is 1.95. The number of hydrogen-bond acceptors (Lipinski definition) is 2. The third-order valence-electron chi connectivity index (χ3n) is 4.08. The lowest BCUT2D eigenvalue weighted by Gasteiger charge is -2.18. The molecule has 2 aromatic carbocycles. The first kappa shape index (κ1) is 18.1. The van der Waals surface area contributed by atoms with Crippen molar-refractivity contribution in [2.24, 2.45) is 5.92 Å². The third-order valence-corrected chi connectivity index (χ3v) is 5.23. The second-order valence-corrected chi connectivity index (χ2v) is 7.74. The first-order valence-corrected chi connectivity index (χ1v) is 9.26. The van der Waals surface area contributed by atoms with Crippen LogP contribution in [0.1, 0.15) is 12.0 Å². The van der Waals surface area contributed by atoms with Crippen molar-refractivity contribution >= 4 is 55.0 Å². The number of hydrogen-bond donors (Lipinski definition) is 1. The number of aryl methyl sites for hydroxylation is 1. The van der Waals surface area contributed by atoms with E-state index in [0.29, 0.717) is 5.69 Å². The van der Waals surface area contributed by atoms with Crippen LogP contribution in [-0.2, 0) is 9.59 Å². The molecule has 0 saturated carbocycles. The maximum Gasteiger partial charge on any atom is 0.229 e. The van der Waals surface area contributed by atoms with Crippen molar-refractivity contribution in [3.05, 3.63) is 56.7 Å². The lowest BCUT2D eigenvalue weighted by molar-refractivity contribution is -0.122. The van der Waals surface area contributed by atoms with Gasteiger partial charge in [-0.15, -0.1) is 0 Å². The van der Waals surface area contributed by atoms with Crippen molar-refractivity contribution in [1.29, 1.82) is 0 Å². The highest BCUT2D eigenvalue weighted by molar-refractivity contribution is 9.11. The molecular weight excluding hydrogens is 455 g/mol. The van der Waals surface area contributed by atoms with Gasteiger partial charge in [-0.25, -0.2) is 4.39 Å². The number of rotatable bonds is 3. The molecule has 1 heterocycles. The summed E-state index contributed by atoms with van der Waals surface area (Å²) >= 11 is 6.74. The molecule has 1 N–H and O–H groups in total. The van der Waals surface area contributed by atoms with E-state index in [2.05, 4.69) is 37.2 Å². The molecule has 3 rings (SSSR count). The normalized spacial score (nSPS) is 17.0. The van der Waals surface area contributed by atoms with E-state index in [0.717, 1.165) is 14.5 Å². The van der Waals surface area contributed by atoms with Crippen molar-refractivity contribution in [3.8, 4) is 0 Å². The minimum absolute atomic E-state index is 0.0628. The highest BCUT2D eigenvalue weighted by Gasteiger charge is 2.36. The van der Waals surface area contributed by atoms with Gasteiger partial charge in [0.1, 0.15) is 5.82 Å². The summed E-state index contributed by atoms with van der Waals surface area (Å²) in [6.07, 6.45) is 0.0628. The van der Waals surface area contributed by atoms with Crippen LogP contribution in [0.4, 0.5) is 15.8 Å². The fraction of sp³-hybridized carbons (Fsp3) is 0.222. The first-order chi connectivity index (χ1) is 11.8. The van der Waals surface area contributed by atoms with E-state index in [1.165, 1.54) is 11.0 Å². The summed E-state index contributed by atoms with van der Waals surface area (Å²) in [5.74, 6) is -1.49. The van der Waals surface area contributed by atoms with Crippen LogP contribution >= 0.6 is 31.9 Å². The fourth-order valence-corrected chi connectivity index (χ4v) is 3.92. The largest absolute Gasteiger partial charge is 0.325 e. The predicted molar refractivity (Wildman–Crippen MR) is 102 cm³/mol. The molecule has 2 aromatic rings. The summed E-state index contributed by atoms with van der Waals surface area (Å²) in [4.78, 5) is 26.1. The molecule has 25 heavy (non-hydrogen) atoms. The van der Waals surface area contributed by atoms with Gasteiger partial charge in [-0.1, -0.05) is 22.0 Å². The summed E-state index contributed by atoms with van der Waals surface area (Å²) in [5.41, 5.74) is 1.62. The summed E-state index contributed by atoms with van der Waals surface area (Å²) < 4.78 is 15.8. The number of amides is 2. The molecule has 4 nitrogen and oxygen atoms in total. The Morgan fingerprint density at radius 2 is 2.00 bits per heavy atom. The molecular formula is C18H15Br2FN2O2. The molecule has 1 fully saturated rings. The number of anilines is 2. The predicted octanol–water partition coefficient (Wildman–Crippen LogP) is 4.65. The fourth-order valence-electron chi connectivity index (χ4n) is 2.77. The van der Waals surface area contributed by atoms with Gasteiger partial charge in [-0.05, 0) is 58.7 Å². The number of nitrogens with one attached hydrogen (secondary N) is 1. The van der Waals surface area contributed by atoms with Gasteiger partial charge in [0.2, 0.25) is 11.8 Å². The molecule has 0 aromatic heterocycles. The van der Waals surface area contributed by atoms with Crippen molar-refractivity contribution in [2.45, 2.75) is 13.3 Å². The highest BCUT2D eigenvalue weighted by atomic mass is 79.9. The zero-order valence-electron chi connectivity index (χ0n) is 13.4. The average Bonchev–Trinajstić information content (AvgIpc) is 2.92. The van der Waals surface area contributed by atoms with E-state index < -0.39 is 11.7 Å². The standard InChI is InChI=1S/C18H15Br2FN2O2/c1-10-2-5-16(14(21)6-10)23-9-11(7-17(23)24)18(25)22-15-4-3-12(19)8-13(15)20/h2-6,8,11H,7,9H2,1H3,(H,22,25). The van der Waals surface area contributed by atoms with E-state index in [4.69, 9.17) is 0 Å². The molecule has 1 unspecified atom stereocenters. The van der Waals surface area contributed by atoms with E-state index in [1.54, 1.807) is 25.1 Å². The molecule has 7 heteroatoms. The number of carbonyl (C=O) groups is 2. The van der Waals surface area contributed by atoms with Gasteiger partial charge >= 0.3 is 0 Å². The van der Waals surface area contributed by atoms with Crippen LogP contribution in [0, 0.1) is 18.7 Å². The smallest absolute Gasteiger partial charge is 0.229 e. The Morgan fingerprint density at radius 3 is 2.68 bits per heavy atom. The Balaban J connectivity index is 1.74. The Labute approximate surface area is 161 Å². The van der Waals surface area contributed by atoms with Gasteiger partial charge < -0.3 is 10.2 Å². The summed E-state index contributed by atoms with van der Waals surface area (Å²) in [6, 6.07) is 10.1. The topological polar surface area (TPSA) is 49.4 Å². The Bertz CT molecular complexity index is 857. The van der Waals surface area contributed by atoms with Crippen LogP contribution < -0.4 is 10.2 Å². The minimum atomic E-state index is -0.524. The van der Waals surface area contributed by atoms with Crippen LogP contribution in [0.25, 0.3) is 0 Å². The second kappa shape index (κ2) is 7.25. The quantitative estimate of drug-likeness (QED) is 0.711. The third kappa shape index (κ3) is 3.93. The van der Waals surface area contributed by atoms with E-state index >= 15 is 0 Å². The summed E-state index contributed by atoms with van der Waals surface area (Å²) in [7, 11) is 0. The van der Waals surface area contributed by atoms with Gasteiger partial charge in [0, 0.05) is 21.9 Å². The van der Waals surface area contributed by atoms with Crippen molar-refractivity contribution in [1.82, 2.24) is 0 Å². The highest BCUT2D eigenvalue weighted by Crippen LogP contribution is 2.30. The van der Waals surface area contributed by atoms with Gasteiger partial charge in [0.25, 0.3) is 0 Å². The average molecular weight is 470 g/mol. The monoisotopic (exact) mass is 468 g/mol. The van der Waals surface area contributed by atoms with Gasteiger partial charge in [-0.3, -0.25) is 9.59 Å².